The third-order valence-corrected chi connectivity index (χ3v) is 4.04. The van der Waals surface area contributed by atoms with Gasteiger partial charge < -0.3 is 4.98 Å². The normalized spacial score (nSPS) is 10.7. The van der Waals surface area contributed by atoms with E-state index in [2.05, 4.69) is 9.97 Å². The summed E-state index contributed by atoms with van der Waals surface area (Å²) in [7, 11) is 0. The molecule has 1 aromatic heterocycles. The number of H-pyrrole nitrogens is 1. The smallest absolute Gasteiger partial charge is 0.254 e. The number of thioether (sulfide) groups is 1. The fraction of sp³-hybridized carbons (Fsp3) is 0.231. The number of aryl methyl sites for hydroxylation is 1. The van der Waals surface area contributed by atoms with Crippen LogP contribution >= 0.6 is 23.4 Å². The summed E-state index contributed by atoms with van der Waals surface area (Å²) < 4.78 is 13.6. The second-order valence-corrected chi connectivity index (χ2v) is 5.44. The lowest BCUT2D eigenvalue weighted by molar-refractivity contribution is 0.617. The van der Waals surface area contributed by atoms with Gasteiger partial charge in [-0.3, -0.25) is 4.79 Å². The molecular weight excluding hydrogens is 287 g/mol. The second-order valence-electron chi connectivity index (χ2n) is 4.07. The van der Waals surface area contributed by atoms with Crippen molar-refractivity contribution in [3.8, 4) is 0 Å². The van der Waals surface area contributed by atoms with Crippen LogP contribution in [0.1, 0.15) is 16.8 Å². The molecular formula is C13H12ClFN2OS. The minimum Gasteiger partial charge on any atom is -0.301 e. The van der Waals surface area contributed by atoms with Crippen molar-refractivity contribution >= 4 is 23.4 Å². The van der Waals surface area contributed by atoms with Crippen LogP contribution in [0.5, 0.6) is 0 Å². The van der Waals surface area contributed by atoms with Gasteiger partial charge in [0.1, 0.15) is 5.82 Å². The van der Waals surface area contributed by atoms with Crippen LogP contribution in [-0.2, 0) is 5.75 Å². The van der Waals surface area contributed by atoms with E-state index in [1.165, 1.54) is 17.8 Å². The SMILES string of the molecule is Cc1nc(SCc2c(F)cccc2Cl)[nH]c(=O)c1C. The molecule has 0 bridgehead atoms. The molecule has 0 saturated carbocycles. The van der Waals surface area contributed by atoms with E-state index in [4.69, 9.17) is 11.6 Å². The van der Waals surface area contributed by atoms with Gasteiger partial charge in [0.25, 0.3) is 5.56 Å². The monoisotopic (exact) mass is 298 g/mol. The summed E-state index contributed by atoms with van der Waals surface area (Å²) in [5.41, 5.74) is 1.50. The Kier molecular flexibility index (Phi) is 4.27. The van der Waals surface area contributed by atoms with Crippen LogP contribution in [-0.4, -0.2) is 9.97 Å². The van der Waals surface area contributed by atoms with E-state index in [1.807, 2.05) is 0 Å². The second kappa shape index (κ2) is 5.75. The lowest BCUT2D eigenvalue weighted by Gasteiger charge is -2.06. The van der Waals surface area contributed by atoms with Gasteiger partial charge in [0.15, 0.2) is 5.16 Å². The van der Waals surface area contributed by atoms with E-state index >= 15 is 0 Å². The number of nitrogens with zero attached hydrogens (tertiary/aromatic N) is 1. The minimum absolute atomic E-state index is 0.172. The van der Waals surface area contributed by atoms with Gasteiger partial charge in [0, 0.05) is 27.6 Å². The van der Waals surface area contributed by atoms with Crippen LogP contribution in [0.2, 0.25) is 5.02 Å². The molecule has 2 aromatic rings. The Bertz CT molecular complexity index is 652. The first kappa shape index (κ1) is 14.1. The van der Waals surface area contributed by atoms with Crippen LogP contribution in [0.15, 0.2) is 28.2 Å². The van der Waals surface area contributed by atoms with E-state index in [9.17, 15) is 9.18 Å². The zero-order valence-electron chi connectivity index (χ0n) is 10.5. The predicted molar refractivity (Wildman–Crippen MR) is 75.3 cm³/mol. The summed E-state index contributed by atoms with van der Waals surface area (Å²) in [6.45, 7) is 3.48. The predicted octanol–water partition coefficient (Wildman–Crippen LogP) is 3.47. The van der Waals surface area contributed by atoms with Crippen molar-refractivity contribution in [1.29, 1.82) is 0 Å². The maximum Gasteiger partial charge on any atom is 0.254 e. The first-order valence-electron chi connectivity index (χ1n) is 5.62. The minimum atomic E-state index is -0.355. The molecule has 2 rings (SSSR count). The molecule has 0 spiro atoms. The summed E-state index contributed by atoms with van der Waals surface area (Å²) in [5.74, 6) is -0.0390. The molecule has 0 amide bonds. The molecule has 0 radical (unpaired) electrons. The number of aromatic nitrogens is 2. The highest BCUT2D eigenvalue weighted by Crippen LogP contribution is 2.26. The number of aromatic amines is 1. The van der Waals surface area contributed by atoms with Crippen LogP contribution in [0.3, 0.4) is 0 Å². The van der Waals surface area contributed by atoms with Gasteiger partial charge in [-0.15, -0.1) is 0 Å². The first-order valence-corrected chi connectivity index (χ1v) is 6.98. The summed E-state index contributed by atoms with van der Waals surface area (Å²) in [6, 6.07) is 4.55. The molecule has 6 heteroatoms. The molecule has 0 aliphatic rings. The topological polar surface area (TPSA) is 45.8 Å². The van der Waals surface area contributed by atoms with E-state index in [-0.39, 0.29) is 11.4 Å². The molecule has 3 nitrogen and oxygen atoms in total. The Labute approximate surface area is 119 Å². The Balaban J connectivity index is 2.22. The maximum absolute atomic E-state index is 13.6. The lowest BCUT2D eigenvalue weighted by atomic mass is 10.2. The summed E-state index contributed by atoms with van der Waals surface area (Å²) in [4.78, 5) is 18.5. The molecule has 0 unspecified atom stereocenters. The molecule has 0 saturated heterocycles. The molecule has 1 heterocycles. The van der Waals surface area contributed by atoms with Gasteiger partial charge in [0.05, 0.1) is 0 Å². The van der Waals surface area contributed by atoms with Crippen molar-refractivity contribution in [3.05, 3.63) is 56.2 Å². The van der Waals surface area contributed by atoms with Crippen molar-refractivity contribution in [2.45, 2.75) is 24.8 Å². The summed E-state index contributed by atoms with van der Waals surface area (Å²) in [5, 5.41) is 0.839. The van der Waals surface area contributed by atoms with Gasteiger partial charge in [-0.05, 0) is 26.0 Å². The first-order chi connectivity index (χ1) is 8.99. The fourth-order valence-corrected chi connectivity index (χ4v) is 2.75. The van der Waals surface area contributed by atoms with Crippen molar-refractivity contribution in [1.82, 2.24) is 9.97 Å². The zero-order chi connectivity index (χ0) is 14.0. The average Bonchev–Trinajstić information content (AvgIpc) is 2.35. The van der Waals surface area contributed by atoms with Gasteiger partial charge in [-0.1, -0.05) is 29.4 Å². The average molecular weight is 299 g/mol. The van der Waals surface area contributed by atoms with Crippen molar-refractivity contribution < 1.29 is 4.39 Å². The number of hydrogen-bond donors (Lipinski definition) is 1. The molecule has 0 aliphatic carbocycles. The Morgan fingerprint density at radius 3 is 2.79 bits per heavy atom. The quantitative estimate of drug-likeness (QED) is 0.697. The molecule has 0 atom stereocenters. The lowest BCUT2D eigenvalue weighted by Crippen LogP contribution is -2.14. The molecule has 1 N–H and O–H groups in total. The van der Waals surface area contributed by atoms with Crippen molar-refractivity contribution in [3.63, 3.8) is 0 Å². The van der Waals surface area contributed by atoms with Gasteiger partial charge in [0.2, 0.25) is 0 Å². The Hall–Kier alpha value is -1.33. The Morgan fingerprint density at radius 1 is 1.42 bits per heavy atom. The summed E-state index contributed by atoms with van der Waals surface area (Å²) >= 11 is 7.19. The summed E-state index contributed by atoms with van der Waals surface area (Å²) in [6.07, 6.45) is 0. The number of halogens is 2. The highest BCUT2D eigenvalue weighted by Gasteiger charge is 2.09. The van der Waals surface area contributed by atoms with Gasteiger partial charge >= 0.3 is 0 Å². The number of rotatable bonds is 3. The van der Waals surface area contributed by atoms with E-state index in [0.717, 1.165) is 0 Å². The Morgan fingerprint density at radius 2 is 2.16 bits per heavy atom. The van der Waals surface area contributed by atoms with Crippen molar-refractivity contribution in [2.24, 2.45) is 0 Å². The highest BCUT2D eigenvalue weighted by atomic mass is 35.5. The third kappa shape index (κ3) is 3.16. The molecule has 0 fully saturated rings. The number of benzene rings is 1. The number of nitrogens with one attached hydrogen (secondary N) is 1. The third-order valence-electron chi connectivity index (χ3n) is 2.79. The van der Waals surface area contributed by atoms with E-state index < -0.39 is 0 Å². The number of hydrogen-bond acceptors (Lipinski definition) is 3. The maximum atomic E-state index is 13.6. The fourth-order valence-electron chi connectivity index (χ4n) is 1.50. The largest absolute Gasteiger partial charge is 0.301 e. The van der Waals surface area contributed by atoms with E-state index in [1.54, 1.807) is 26.0 Å². The van der Waals surface area contributed by atoms with Crippen LogP contribution in [0, 0.1) is 19.7 Å². The zero-order valence-corrected chi connectivity index (χ0v) is 12.0. The van der Waals surface area contributed by atoms with E-state index in [0.29, 0.717) is 32.8 Å². The van der Waals surface area contributed by atoms with Crippen molar-refractivity contribution in [2.75, 3.05) is 0 Å². The molecule has 0 aliphatic heterocycles. The highest BCUT2D eigenvalue weighted by molar-refractivity contribution is 7.98. The van der Waals surface area contributed by atoms with Gasteiger partial charge in [-0.25, -0.2) is 9.37 Å². The standard InChI is InChI=1S/C13H12ClFN2OS/c1-7-8(2)16-13(17-12(7)18)19-6-9-10(14)4-3-5-11(9)15/h3-5H,6H2,1-2H3,(H,16,17,18). The molecule has 19 heavy (non-hydrogen) atoms. The van der Waals surface area contributed by atoms with Crippen LogP contribution < -0.4 is 5.56 Å². The molecule has 1 aromatic carbocycles. The van der Waals surface area contributed by atoms with Crippen LogP contribution in [0.25, 0.3) is 0 Å². The molecule has 100 valence electrons. The van der Waals surface area contributed by atoms with Crippen LogP contribution in [0.4, 0.5) is 4.39 Å². The van der Waals surface area contributed by atoms with Gasteiger partial charge in [-0.2, -0.15) is 0 Å².